The number of aromatic nitrogens is 1. The molecule has 1 atom stereocenters. The molecule has 1 N–H and O–H groups in total. The zero-order chi connectivity index (χ0) is 16.2. The summed E-state index contributed by atoms with van der Waals surface area (Å²) in [5.41, 5.74) is 1.04. The zero-order valence-electron chi connectivity index (χ0n) is 13.0. The smallest absolute Gasteiger partial charge is 0.263 e. The van der Waals surface area contributed by atoms with Crippen molar-refractivity contribution in [1.82, 2.24) is 10.3 Å². The van der Waals surface area contributed by atoms with Gasteiger partial charge in [0.15, 0.2) is 0 Å². The Hall–Kier alpha value is -1.98. The van der Waals surface area contributed by atoms with Gasteiger partial charge in [0.1, 0.15) is 9.88 Å². The van der Waals surface area contributed by atoms with Crippen molar-refractivity contribution >= 4 is 28.6 Å². The Balaban J connectivity index is 1.77. The molecule has 2 heterocycles. The van der Waals surface area contributed by atoms with E-state index in [1.165, 1.54) is 16.2 Å². The number of thiazole rings is 1. The molecule has 0 saturated carbocycles. The van der Waals surface area contributed by atoms with Crippen LogP contribution >= 0.6 is 22.7 Å². The number of benzene rings is 1. The van der Waals surface area contributed by atoms with Crippen molar-refractivity contribution in [2.75, 3.05) is 0 Å². The van der Waals surface area contributed by atoms with Crippen molar-refractivity contribution in [2.45, 2.75) is 19.9 Å². The summed E-state index contributed by atoms with van der Waals surface area (Å²) < 4.78 is 0. The first-order valence-electron chi connectivity index (χ1n) is 7.50. The third-order valence-corrected chi connectivity index (χ3v) is 5.55. The average Bonchev–Trinajstić information content (AvgIpc) is 3.24. The molecule has 0 saturated heterocycles. The van der Waals surface area contributed by atoms with Crippen LogP contribution in [0.4, 0.5) is 0 Å². The van der Waals surface area contributed by atoms with Crippen LogP contribution in [-0.4, -0.2) is 10.9 Å². The lowest BCUT2D eigenvalue weighted by molar-refractivity contribution is 0.0930. The summed E-state index contributed by atoms with van der Waals surface area (Å²) in [5.74, 6) is 0.274. The minimum atomic E-state index is -0.0585. The highest BCUT2D eigenvalue weighted by molar-refractivity contribution is 7.16. The minimum absolute atomic E-state index is 0.0322. The van der Waals surface area contributed by atoms with Gasteiger partial charge in [0.2, 0.25) is 0 Å². The second kappa shape index (κ2) is 7.06. The first-order valence-corrected chi connectivity index (χ1v) is 9.20. The average molecular weight is 342 g/mol. The van der Waals surface area contributed by atoms with Crippen molar-refractivity contribution in [3.8, 4) is 10.6 Å². The Bertz CT molecular complexity index is 763. The molecule has 0 bridgehead atoms. The Morgan fingerprint density at radius 3 is 2.57 bits per heavy atom. The second-order valence-corrected chi connectivity index (χ2v) is 7.62. The molecule has 1 amide bonds. The molecule has 3 aromatic rings. The van der Waals surface area contributed by atoms with Crippen LogP contribution < -0.4 is 5.32 Å². The molecule has 23 heavy (non-hydrogen) atoms. The first kappa shape index (κ1) is 15.9. The van der Waals surface area contributed by atoms with Crippen LogP contribution in [-0.2, 0) is 0 Å². The highest BCUT2D eigenvalue weighted by Crippen LogP contribution is 2.28. The largest absolute Gasteiger partial charge is 0.343 e. The Kier molecular flexibility index (Phi) is 4.88. The van der Waals surface area contributed by atoms with Gasteiger partial charge in [-0.25, -0.2) is 4.98 Å². The standard InChI is InChI=1S/C18H18N2OS2/c1-12(2)16(14-9-6-10-22-14)20-17(21)15-11-19-18(23-15)13-7-4-3-5-8-13/h3-12,16H,1-2H3,(H,20,21). The summed E-state index contributed by atoms with van der Waals surface area (Å²) in [5, 5.41) is 6.05. The fourth-order valence-corrected chi connectivity index (χ4v) is 4.11. The number of carbonyl (C=O) groups is 1. The Morgan fingerprint density at radius 2 is 1.91 bits per heavy atom. The van der Waals surface area contributed by atoms with Gasteiger partial charge in [-0.05, 0) is 17.4 Å². The molecule has 2 aromatic heterocycles. The van der Waals surface area contributed by atoms with E-state index in [9.17, 15) is 4.79 Å². The maximum absolute atomic E-state index is 12.6. The van der Waals surface area contributed by atoms with Gasteiger partial charge in [-0.3, -0.25) is 4.79 Å². The number of hydrogen-bond acceptors (Lipinski definition) is 4. The topological polar surface area (TPSA) is 42.0 Å². The maximum Gasteiger partial charge on any atom is 0.263 e. The highest BCUT2D eigenvalue weighted by atomic mass is 32.1. The van der Waals surface area contributed by atoms with Crippen molar-refractivity contribution in [3.63, 3.8) is 0 Å². The lowest BCUT2D eigenvalue weighted by Crippen LogP contribution is -2.30. The van der Waals surface area contributed by atoms with Crippen LogP contribution in [0.5, 0.6) is 0 Å². The van der Waals surface area contributed by atoms with Crippen LogP contribution in [0.2, 0.25) is 0 Å². The number of carbonyl (C=O) groups excluding carboxylic acids is 1. The molecular weight excluding hydrogens is 324 g/mol. The molecular formula is C18H18N2OS2. The van der Waals surface area contributed by atoms with E-state index in [-0.39, 0.29) is 11.9 Å². The third-order valence-electron chi connectivity index (χ3n) is 3.55. The number of amides is 1. The van der Waals surface area contributed by atoms with Gasteiger partial charge in [0.25, 0.3) is 5.91 Å². The van der Waals surface area contributed by atoms with Crippen LogP contribution in [0, 0.1) is 5.92 Å². The number of rotatable bonds is 5. The number of hydrogen-bond donors (Lipinski definition) is 1. The summed E-state index contributed by atoms with van der Waals surface area (Å²) in [6, 6.07) is 14.0. The summed E-state index contributed by atoms with van der Waals surface area (Å²) >= 11 is 3.10. The fraction of sp³-hybridized carbons (Fsp3) is 0.222. The van der Waals surface area contributed by atoms with E-state index < -0.39 is 0 Å². The molecule has 3 rings (SSSR count). The SMILES string of the molecule is CC(C)C(NC(=O)c1cnc(-c2ccccc2)s1)c1cccs1. The fourth-order valence-electron chi connectivity index (χ4n) is 2.34. The number of thiophene rings is 1. The van der Waals surface area contributed by atoms with Crippen molar-refractivity contribution < 1.29 is 4.79 Å². The molecule has 0 spiro atoms. The minimum Gasteiger partial charge on any atom is -0.343 e. The third kappa shape index (κ3) is 3.68. The zero-order valence-corrected chi connectivity index (χ0v) is 14.7. The van der Waals surface area contributed by atoms with Gasteiger partial charge in [0, 0.05) is 10.4 Å². The molecule has 0 fully saturated rings. The molecule has 0 aliphatic heterocycles. The van der Waals surface area contributed by atoms with Crippen LogP contribution in [0.3, 0.4) is 0 Å². The summed E-state index contributed by atoms with van der Waals surface area (Å²) in [6.07, 6.45) is 1.66. The van der Waals surface area contributed by atoms with E-state index in [4.69, 9.17) is 0 Å². The molecule has 0 aliphatic rings. The van der Waals surface area contributed by atoms with Gasteiger partial charge in [0.05, 0.1) is 12.2 Å². The lowest BCUT2D eigenvalue weighted by atomic mass is 10.0. The van der Waals surface area contributed by atoms with Crippen molar-refractivity contribution in [1.29, 1.82) is 0 Å². The van der Waals surface area contributed by atoms with Gasteiger partial charge in [-0.1, -0.05) is 50.2 Å². The molecule has 0 radical (unpaired) electrons. The van der Waals surface area contributed by atoms with E-state index in [0.717, 1.165) is 10.6 Å². The van der Waals surface area contributed by atoms with Gasteiger partial charge in [-0.15, -0.1) is 22.7 Å². The highest BCUT2D eigenvalue weighted by Gasteiger charge is 2.21. The molecule has 5 heteroatoms. The normalized spacial score (nSPS) is 12.3. The molecule has 0 aliphatic carbocycles. The van der Waals surface area contributed by atoms with E-state index in [1.807, 2.05) is 41.8 Å². The van der Waals surface area contributed by atoms with Gasteiger partial charge >= 0.3 is 0 Å². The lowest BCUT2D eigenvalue weighted by Gasteiger charge is -2.20. The first-order chi connectivity index (χ1) is 11.1. The number of nitrogens with one attached hydrogen (secondary N) is 1. The Morgan fingerprint density at radius 1 is 1.13 bits per heavy atom. The summed E-state index contributed by atoms with van der Waals surface area (Å²) in [7, 11) is 0. The van der Waals surface area contributed by atoms with E-state index in [1.54, 1.807) is 17.5 Å². The summed E-state index contributed by atoms with van der Waals surface area (Å²) in [6.45, 7) is 4.24. The van der Waals surface area contributed by atoms with E-state index in [2.05, 4.69) is 30.2 Å². The molecule has 1 unspecified atom stereocenters. The van der Waals surface area contributed by atoms with Gasteiger partial charge < -0.3 is 5.32 Å². The van der Waals surface area contributed by atoms with Crippen LogP contribution in [0.15, 0.2) is 54.0 Å². The van der Waals surface area contributed by atoms with Crippen LogP contribution in [0.1, 0.15) is 34.4 Å². The van der Waals surface area contributed by atoms with E-state index >= 15 is 0 Å². The summed E-state index contributed by atoms with van der Waals surface area (Å²) in [4.78, 5) is 18.8. The van der Waals surface area contributed by atoms with Gasteiger partial charge in [-0.2, -0.15) is 0 Å². The second-order valence-electron chi connectivity index (χ2n) is 5.61. The number of nitrogens with zero attached hydrogens (tertiary/aromatic N) is 1. The van der Waals surface area contributed by atoms with Crippen molar-refractivity contribution in [2.24, 2.45) is 5.92 Å². The molecule has 118 valence electrons. The predicted molar refractivity (Wildman–Crippen MR) is 96.9 cm³/mol. The quantitative estimate of drug-likeness (QED) is 0.709. The Labute approximate surface area is 144 Å². The van der Waals surface area contributed by atoms with E-state index in [0.29, 0.717) is 10.8 Å². The van der Waals surface area contributed by atoms with Crippen LogP contribution in [0.25, 0.3) is 10.6 Å². The van der Waals surface area contributed by atoms with Crippen molar-refractivity contribution in [3.05, 3.63) is 63.8 Å². The molecule has 3 nitrogen and oxygen atoms in total. The predicted octanol–water partition coefficient (Wildman–Crippen LogP) is 5.00. The maximum atomic E-state index is 12.6. The monoisotopic (exact) mass is 342 g/mol. The molecule has 1 aromatic carbocycles.